The van der Waals surface area contributed by atoms with Crippen molar-refractivity contribution in [3.63, 3.8) is 0 Å². The van der Waals surface area contributed by atoms with Crippen LogP contribution in [0.3, 0.4) is 0 Å². The summed E-state index contributed by atoms with van der Waals surface area (Å²) in [7, 11) is 0. The number of hydrogen-bond acceptors (Lipinski definition) is 11. The van der Waals surface area contributed by atoms with Gasteiger partial charge in [0.05, 0.1) is 18.2 Å². The zero-order chi connectivity index (χ0) is 25.4. The molecule has 0 amide bonds. The molecule has 0 bridgehead atoms. The Labute approximate surface area is 197 Å². The van der Waals surface area contributed by atoms with Gasteiger partial charge in [-0.05, 0) is 12.1 Å². The van der Waals surface area contributed by atoms with E-state index < -0.39 is 54.8 Å². The van der Waals surface area contributed by atoms with Crippen LogP contribution in [0.15, 0.2) is 40.8 Å². The first-order valence-corrected chi connectivity index (χ1v) is 10.4. The summed E-state index contributed by atoms with van der Waals surface area (Å²) in [4.78, 5) is 11.4. The lowest BCUT2D eigenvalue weighted by Gasteiger charge is -2.40. The van der Waals surface area contributed by atoms with E-state index >= 15 is 0 Å². The number of hydrogen-bond donors (Lipinski definition) is 7. The lowest BCUT2D eigenvalue weighted by Crippen LogP contribution is -2.61. The van der Waals surface area contributed by atoms with Gasteiger partial charge in [0.25, 0.3) is 0 Å². The van der Waals surface area contributed by atoms with Crippen LogP contribution in [0.25, 0.3) is 22.3 Å². The molecule has 1 aliphatic heterocycles. The quantitative estimate of drug-likeness (QED) is 0.152. The van der Waals surface area contributed by atoms with Crippen LogP contribution in [0.1, 0.15) is 6.92 Å². The molecule has 1 fully saturated rings. The molecule has 3 unspecified atom stereocenters. The molecule has 0 radical (unpaired) electrons. The SMILES string of the molecule is CC(=O)O[C@@H]1C(CO)O[C@@H](Oc2cc3c(O)cc(O)cc3[o+]c2-c2ccc(O)c(O)c2)C(O)C1O. The summed E-state index contributed by atoms with van der Waals surface area (Å²) >= 11 is 0. The second-order valence-corrected chi connectivity index (χ2v) is 7.92. The van der Waals surface area contributed by atoms with Crippen molar-refractivity contribution in [3.8, 4) is 40.1 Å². The zero-order valence-electron chi connectivity index (χ0n) is 18.2. The second-order valence-electron chi connectivity index (χ2n) is 7.92. The summed E-state index contributed by atoms with van der Waals surface area (Å²) < 4.78 is 22.1. The Balaban J connectivity index is 1.78. The number of fused-ring (bicyclic) bond motifs is 1. The third-order valence-electron chi connectivity index (χ3n) is 5.42. The lowest BCUT2D eigenvalue weighted by molar-refractivity contribution is -0.281. The van der Waals surface area contributed by atoms with E-state index in [1.54, 1.807) is 0 Å². The molecule has 3 aromatic rings. The van der Waals surface area contributed by atoms with Crippen molar-refractivity contribution in [1.82, 2.24) is 0 Å². The Morgan fingerprint density at radius 3 is 2.40 bits per heavy atom. The summed E-state index contributed by atoms with van der Waals surface area (Å²) in [5.74, 6) is -2.48. The minimum Gasteiger partial charge on any atom is -0.507 e. The normalized spacial score (nSPS) is 24.3. The molecule has 7 N–H and O–H groups in total. The van der Waals surface area contributed by atoms with Crippen LogP contribution in [0, 0.1) is 0 Å². The van der Waals surface area contributed by atoms with E-state index in [0.717, 1.165) is 19.1 Å². The molecular weight excluding hydrogens is 468 g/mol. The van der Waals surface area contributed by atoms with Gasteiger partial charge in [0.15, 0.2) is 17.6 Å². The standard InChI is InChI=1S/C23H22O12/c1-9(25)32-22-18(8-24)35-23(20(31)19(22)30)34-17-7-12-14(28)5-11(26)6-16(12)33-21(17)10-2-3-13(27)15(29)4-10/h2-7,18-20,22-24,30-31H,8H2,1H3,(H3-,26,27,28,29)/p+1/t18?,19?,20?,22-,23-/m1/s1. The third kappa shape index (κ3) is 4.72. The largest absolute Gasteiger partial charge is 0.507 e. The molecule has 1 aliphatic rings. The van der Waals surface area contributed by atoms with Gasteiger partial charge in [-0.3, -0.25) is 4.79 Å². The van der Waals surface area contributed by atoms with Gasteiger partial charge in [0.1, 0.15) is 35.2 Å². The molecule has 12 nitrogen and oxygen atoms in total. The smallest absolute Gasteiger partial charge is 0.402 e. The van der Waals surface area contributed by atoms with Gasteiger partial charge in [0, 0.05) is 25.1 Å². The third-order valence-corrected chi connectivity index (χ3v) is 5.42. The van der Waals surface area contributed by atoms with Gasteiger partial charge >= 0.3 is 17.3 Å². The van der Waals surface area contributed by atoms with Crippen molar-refractivity contribution >= 4 is 16.9 Å². The first-order valence-electron chi connectivity index (χ1n) is 10.4. The van der Waals surface area contributed by atoms with Crippen LogP contribution >= 0.6 is 0 Å². The Hall–Kier alpha value is -3.84. The molecule has 0 saturated carbocycles. The van der Waals surface area contributed by atoms with Crippen molar-refractivity contribution in [3.05, 3.63) is 36.4 Å². The number of aromatic hydroxyl groups is 4. The number of benzene rings is 2. The van der Waals surface area contributed by atoms with E-state index in [1.807, 2.05) is 0 Å². The van der Waals surface area contributed by atoms with Crippen LogP contribution in [-0.4, -0.2) is 79.0 Å². The van der Waals surface area contributed by atoms with Gasteiger partial charge in [0.2, 0.25) is 12.0 Å². The van der Waals surface area contributed by atoms with Crippen LogP contribution in [0.2, 0.25) is 0 Å². The van der Waals surface area contributed by atoms with E-state index in [2.05, 4.69) is 0 Å². The van der Waals surface area contributed by atoms with Crippen LogP contribution in [0.5, 0.6) is 28.7 Å². The van der Waals surface area contributed by atoms with Gasteiger partial charge < -0.3 is 50.0 Å². The first-order chi connectivity index (χ1) is 16.6. The molecule has 12 heteroatoms. The van der Waals surface area contributed by atoms with Crippen molar-refractivity contribution in [2.45, 2.75) is 37.6 Å². The summed E-state index contributed by atoms with van der Waals surface area (Å²) in [6.45, 7) is 0.415. The fourth-order valence-corrected chi connectivity index (χ4v) is 3.75. The predicted octanol–water partition coefficient (Wildman–Crippen LogP) is 0.953. The number of carbonyl (C=O) groups excluding carboxylic acids is 1. The number of phenolic OH excluding ortho intramolecular Hbond substituents is 4. The Morgan fingerprint density at radius 1 is 1.00 bits per heavy atom. The maximum Gasteiger partial charge on any atom is 0.402 e. The average molecular weight is 491 g/mol. The molecule has 4 rings (SSSR count). The van der Waals surface area contributed by atoms with E-state index in [9.17, 15) is 40.5 Å². The highest BCUT2D eigenvalue weighted by atomic mass is 16.7. The minimum atomic E-state index is -1.74. The average Bonchev–Trinajstić information content (AvgIpc) is 2.80. The monoisotopic (exact) mass is 491 g/mol. The molecule has 2 aromatic carbocycles. The number of phenols is 4. The van der Waals surface area contributed by atoms with Gasteiger partial charge in [-0.1, -0.05) is 0 Å². The Morgan fingerprint density at radius 2 is 1.74 bits per heavy atom. The van der Waals surface area contributed by atoms with E-state index in [1.165, 1.54) is 24.3 Å². The molecule has 186 valence electrons. The maximum atomic E-state index is 11.4. The molecular formula is C23H23O12+. The summed E-state index contributed by atoms with van der Waals surface area (Å²) in [5, 5.41) is 70.5. The number of rotatable bonds is 5. The summed E-state index contributed by atoms with van der Waals surface area (Å²) in [5.41, 5.74) is 0.230. The van der Waals surface area contributed by atoms with Crippen molar-refractivity contribution in [2.75, 3.05) is 6.61 Å². The van der Waals surface area contributed by atoms with Crippen LogP contribution in [0.4, 0.5) is 0 Å². The molecule has 1 aromatic heterocycles. The number of aliphatic hydroxyl groups excluding tert-OH is 3. The highest BCUT2D eigenvalue weighted by Crippen LogP contribution is 2.42. The van der Waals surface area contributed by atoms with Crippen molar-refractivity contribution in [2.24, 2.45) is 0 Å². The lowest BCUT2D eigenvalue weighted by atomic mass is 9.99. The van der Waals surface area contributed by atoms with Gasteiger partial charge in [-0.25, -0.2) is 4.42 Å². The van der Waals surface area contributed by atoms with Gasteiger partial charge in [-0.2, -0.15) is 0 Å². The fraction of sp³-hybridized carbons (Fsp3) is 0.304. The highest BCUT2D eigenvalue weighted by molar-refractivity contribution is 5.88. The van der Waals surface area contributed by atoms with Crippen LogP contribution in [-0.2, 0) is 14.3 Å². The topological polar surface area (TPSA) is 198 Å². The molecule has 0 aliphatic carbocycles. The minimum absolute atomic E-state index is 0.0331. The van der Waals surface area contributed by atoms with Crippen LogP contribution < -0.4 is 4.74 Å². The Bertz CT molecular complexity index is 1260. The van der Waals surface area contributed by atoms with Crippen molar-refractivity contribution < 1.29 is 59.2 Å². The molecule has 5 atom stereocenters. The summed E-state index contributed by atoms with van der Waals surface area (Å²) in [6.07, 6.45) is -7.63. The van der Waals surface area contributed by atoms with E-state index in [0.29, 0.717) is 0 Å². The number of ether oxygens (including phenoxy) is 3. The zero-order valence-corrected chi connectivity index (χ0v) is 18.2. The molecule has 35 heavy (non-hydrogen) atoms. The Kier molecular flexibility index (Phi) is 6.54. The summed E-state index contributed by atoms with van der Waals surface area (Å²) in [6, 6.07) is 7.33. The van der Waals surface area contributed by atoms with E-state index in [4.69, 9.17) is 18.6 Å². The maximum absolute atomic E-state index is 11.4. The van der Waals surface area contributed by atoms with Gasteiger partial charge in [-0.15, -0.1) is 0 Å². The number of esters is 1. The number of carbonyl (C=O) groups is 1. The van der Waals surface area contributed by atoms with Crippen molar-refractivity contribution in [1.29, 1.82) is 0 Å². The molecule has 2 heterocycles. The molecule has 0 spiro atoms. The molecule has 1 saturated heterocycles. The predicted molar refractivity (Wildman–Crippen MR) is 117 cm³/mol. The first kappa shape index (κ1) is 24.3. The fourth-order valence-electron chi connectivity index (χ4n) is 3.75. The second kappa shape index (κ2) is 9.43. The number of aliphatic hydroxyl groups is 3. The highest BCUT2D eigenvalue weighted by Gasteiger charge is 2.48. The van der Waals surface area contributed by atoms with E-state index in [-0.39, 0.29) is 39.5 Å².